The molecule has 0 fully saturated rings. The van der Waals surface area contributed by atoms with E-state index in [9.17, 15) is 0 Å². The Morgan fingerprint density at radius 3 is 1.80 bits per heavy atom. The molecule has 0 N–H and O–H groups in total. The monoisotopic (exact) mass is 665 g/mol. The van der Waals surface area contributed by atoms with Crippen molar-refractivity contribution in [1.29, 1.82) is 0 Å². The van der Waals surface area contributed by atoms with E-state index in [1.54, 1.807) is 0 Å². The Bertz CT molecular complexity index is 3150. The fourth-order valence-corrected chi connectivity index (χ4v) is 9.06. The topological polar surface area (TPSA) is 38.7 Å². The van der Waals surface area contributed by atoms with Crippen LogP contribution < -0.4 is 0 Å². The molecule has 2 heterocycles. The molecule has 11 aromatic rings. The molecule has 9 aromatic carbocycles. The largest absolute Gasteiger partial charge is 0.208 e. The van der Waals surface area contributed by atoms with Crippen molar-refractivity contribution in [2.45, 2.75) is 0 Å². The highest BCUT2D eigenvalue weighted by molar-refractivity contribution is 7.26. The molecule has 11 rings (SSSR count). The van der Waals surface area contributed by atoms with E-state index in [-0.39, 0.29) is 0 Å². The van der Waals surface area contributed by atoms with Crippen molar-refractivity contribution in [3.63, 3.8) is 0 Å². The van der Waals surface area contributed by atoms with Gasteiger partial charge in [-0.3, -0.25) is 0 Å². The normalized spacial score (nSPS) is 11.9. The van der Waals surface area contributed by atoms with Gasteiger partial charge in [-0.15, -0.1) is 11.3 Å². The number of hydrogen-bond donors (Lipinski definition) is 0. The SMILES string of the molecule is c1cc(-c2nc(-c3ccc4ccccc4c3)nc(-c3cccc4ccccc34)n2)cc(-c2ccc3sc4cccc5c6ccccc6c2c3c45)c1. The minimum Gasteiger partial charge on any atom is -0.208 e. The first-order valence-electron chi connectivity index (χ1n) is 17.2. The van der Waals surface area contributed by atoms with Gasteiger partial charge in [0.2, 0.25) is 0 Å². The Morgan fingerprint density at radius 1 is 0.314 bits per heavy atom. The lowest BCUT2D eigenvalue weighted by Gasteiger charge is -2.14. The second kappa shape index (κ2) is 11.0. The van der Waals surface area contributed by atoms with Crippen LogP contribution in [0.3, 0.4) is 0 Å². The van der Waals surface area contributed by atoms with Crippen molar-refractivity contribution in [2.75, 3.05) is 0 Å². The average Bonchev–Trinajstić information content (AvgIpc) is 3.59. The number of rotatable bonds is 4. The number of benzene rings is 9. The smallest absolute Gasteiger partial charge is 0.164 e. The minimum absolute atomic E-state index is 0.649. The number of hydrogen-bond acceptors (Lipinski definition) is 4. The van der Waals surface area contributed by atoms with Crippen molar-refractivity contribution in [3.05, 3.63) is 164 Å². The van der Waals surface area contributed by atoms with E-state index in [4.69, 9.17) is 15.0 Å². The van der Waals surface area contributed by atoms with Gasteiger partial charge in [0.05, 0.1) is 0 Å². The minimum atomic E-state index is 0.649. The molecular formula is C47H27N3S. The average molecular weight is 666 g/mol. The lowest BCUT2D eigenvalue weighted by atomic mass is 9.89. The van der Waals surface area contributed by atoms with Crippen LogP contribution in [0.15, 0.2) is 164 Å². The standard InChI is InChI=1S/C47H27N3S/c1-2-12-30-26-33(23-22-28(30)10-1)46-48-45(49-47(50-46)39-20-8-13-29-11-3-4-16-34(29)39)32-15-7-14-31(27-32)35-24-25-41-44-42(35)37-18-6-5-17-36(37)38-19-9-21-40(51-41)43(38)44/h1-27H. The van der Waals surface area contributed by atoms with Crippen LogP contribution in [0.25, 0.3) is 109 Å². The number of nitrogens with zero attached hydrogens (tertiary/aromatic N) is 3. The molecule has 0 spiro atoms. The van der Waals surface area contributed by atoms with Gasteiger partial charge in [-0.2, -0.15) is 0 Å². The molecule has 0 bridgehead atoms. The van der Waals surface area contributed by atoms with Gasteiger partial charge in [0.1, 0.15) is 0 Å². The van der Waals surface area contributed by atoms with Crippen molar-refractivity contribution in [1.82, 2.24) is 15.0 Å². The van der Waals surface area contributed by atoms with E-state index in [0.717, 1.165) is 38.4 Å². The molecule has 4 heteroatoms. The van der Waals surface area contributed by atoms with E-state index >= 15 is 0 Å². The van der Waals surface area contributed by atoms with Gasteiger partial charge < -0.3 is 0 Å². The lowest BCUT2D eigenvalue weighted by molar-refractivity contribution is 1.08. The number of thiophene rings is 1. The van der Waals surface area contributed by atoms with E-state index < -0.39 is 0 Å². The third-order valence-electron chi connectivity index (χ3n) is 10.3. The maximum Gasteiger partial charge on any atom is 0.164 e. The molecule has 3 nitrogen and oxygen atoms in total. The second-order valence-electron chi connectivity index (χ2n) is 13.2. The van der Waals surface area contributed by atoms with Crippen LogP contribution >= 0.6 is 11.3 Å². The summed E-state index contributed by atoms with van der Waals surface area (Å²) >= 11 is 1.88. The molecule has 0 radical (unpaired) electrons. The molecule has 0 aliphatic heterocycles. The molecule has 2 aromatic heterocycles. The van der Waals surface area contributed by atoms with Crippen molar-refractivity contribution in [3.8, 4) is 45.3 Å². The first kappa shape index (κ1) is 28.4. The summed E-state index contributed by atoms with van der Waals surface area (Å²) in [6, 6.07) is 58.4. The van der Waals surface area contributed by atoms with E-state index in [0.29, 0.717) is 17.5 Å². The number of aromatic nitrogens is 3. The van der Waals surface area contributed by atoms with Crippen LogP contribution in [0, 0.1) is 0 Å². The molecule has 51 heavy (non-hydrogen) atoms. The van der Waals surface area contributed by atoms with Gasteiger partial charge in [-0.25, -0.2) is 15.0 Å². The zero-order valence-electron chi connectivity index (χ0n) is 27.3. The molecular weight excluding hydrogens is 639 g/mol. The molecule has 0 atom stereocenters. The van der Waals surface area contributed by atoms with E-state index in [1.807, 2.05) is 11.3 Å². The third-order valence-corrected chi connectivity index (χ3v) is 11.4. The second-order valence-corrected chi connectivity index (χ2v) is 14.2. The van der Waals surface area contributed by atoms with Crippen LogP contribution in [0.1, 0.15) is 0 Å². The van der Waals surface area contributed by atoms with Gasteiger partial charge in [0.25, 0.3) is 0 Å². The fourth-order valence-electron chi connectivity index (χ4n) is 7.92. The molecule has 0 aliphatic rings. The van der Waals surface area contributed by atoms with Crippen LogP contribution in [0.4, 0.5) is 0 Å². The van der Waals surface area contributed by atoms with Gasteiger partial charge in [0.15, 0.2) is 17.5 Å². The summed E-state index contributed by atoms with van der Waals surface area (Å²) in [5.74, 6) is 1.96. The predicted molar refractivity (Wildman–Crippen MR) is 216 cm³/mol. The lowest BCUT2D eigenvalue weighted by Crippen LogP contribution is -2.00. The maximum atomic E-state index is 5.20. The molecule has 236 valence electrons. The highest BCUT2D eigenvalue weighted by Gasteiger charge is 2.20. The highest BCUT2D eigenvalue weighted by Crippen LogP contribution is 2.48. The summed E-state index contributed by atoms with van der Waals surface area (Å²) in [4.78, 5) is 15.5. The summed E-state index contributed by atoms with van der Waals surface area (Å²) < 4.78 is 2.65. The van der Waals surface area contributed by atoms with E-state index in [1.165, 1.54) is 52.7 Å². The van der Waals surface area contributed by atoms with E-state index in [2.05, 4.69) is 164 Å². The Labute approximate surface area is 297 Å². The highest BCUT2D eigenvalue weighted by atomic mass is 32.1. The van der Waals surface area contributed by atoms with Gasteiger partial charge >= 0.3 is 0 Å². The maximum absolute atomic E-state index is 5.20. The number of fused-ring (bicyclic) bond motifs is 5. The van der Waals surface area contributed by atoms with Crippen LogP contribution in [0.5, 0.6) is 0 Å². The zero-order chi connectivity index (χ0) is 33.5. The molecule has 0 saturated carbocycles. The first-order chi connectivity index (χ1) is 25.3. The Balaban J connectivity index is 1.15. The van der Waals surface area contributed by atoms with Crippen molar-refractivity contribution >= 4 is 74.6 Å². The molecule has 0 saturated heterocycles. The quantitative estimate of drug-likeness (QED) is 0.176. The molecule has 0 amide bonds. The predicted octanol–water partition coefficient (Wildman–Crippen LogP) is 13.0. The molecule has 0 unspecified atom stereocenters. The van der Waals surface area contributed by atoms with Gasteiger partial charge in [0, 0.05) is 36.9 Å². The van der Waals surface area contributed by atoms with Crippen LogP contribution in [-0.4, -0.2) is 15.0 Å². The summed E-state index contributed by atoms with van der Waals surface area (Å²) in [7, 11) is 0. The zero-order valence-corrected chi connectivity index (χ0v) is 28.2. The van der Waals surface area contributed by atoms with Gasteiger partial charge in [-0.1, -0.05) is 140 Å². The third kappa shape index (κ3) is 4.40. The van der Waals surface area contributed by atoms with Gasteiger partial charge in [-0.05, 0) is 78.5 Å². The molecule has 0 aliphatic carbocycles. The summed E-state index contributed by atoms with van der Waals surface area (Å²) in [6.07, 6.45) is 0. The Kier molecular flexibility index (Phi) is 6.12. The first-order valence-corrected chi connectivity index (χ1v) is 18.0. The fraction of sp³-hybridized carbons (Fsp3) is 0. The van der Waals surface area contributed by atoms with Crippen molar-refractivity contribution < 1.29 is 0 Å². The summed E-state index contributed by atoms with van der Waals surface area (Å²) in [5.41, 5.74) is 5.25. The Hall–Kier alpha value is -6.49. The van der Waals surface area contributed by atoms with Crippen molar-refractivity contribution in [2.24, 2.45) is 0 Å². The Morgan fingerprint density at radius 2 is 0.922 bits per heavy atom. The summed E-state index contributed by atoms with van der Waals surface area (Å²) in [5, 5.41) is 12.5. The van der Waals surface area contributed by atoms with Crippen LogP contribution in [0.2, 0.25) is 0 Å². The van der Waals surface area contributed by atoms with Crippen LogP contribution in [-0.2, 0) is 0 Å². The summed E-state index contributed by atoms with van der Waals surface area (Å²) in [6.45, 7) is 0.